The Hall–Kier alpha value is -0.200. The molecule has 5 nitrogen and oxygen atoms in total. The van der Waals surface area contributed by atoms with Crippen LogP contribution in [0, 0.1) is 5.21 Å². The van der Waals surface area contributed by atoms with Gasteiger partial charge in [-0.1, -0.05) is 0 Å². The summed E-state index contributed by atoms with van der Waals surface area (Å²) in [5.74, 6) is 4.67. The summed E-state index contributed by atoms with van der Waals surface area (Å²) in [4.78, 5) is 4.53. The molecule has 3 N–H and O–H groups in total. The summed E-state index contributed by atoms with van der Waals surface area (Å²) in [5.41, 5.74) is -0.698. The second-order valence-electron chi connectivity index (χ2n) is 2.14. The molecule has 0 atom stereocenters. The highest BCUT2D eigenvalue weighted by atomic mass is 16.9. The number of hydrazine groups is 1. The van der Waals surface area contributed by atoms with E-state index in [4.69, 9.17) is 0 Å². The topological polar surface area (TPSA) is 73.6 Å². The van der Waals surface area contributed by atoms with Crippen LogP contribution >= 0.6 is 0 Å². The van der Waals surface area contributed by atoms with Gasteiger partial charge in [0.1, 0.15) is 5.72 Å². The molecule has 0 aromatic carbocycles. The minimum absolute atomic E-state index is 0.0729. The van der Waals surface area contributed by atoms with Crippen molar-refractivity contribution in [1.82, 2.24) is 10.7 Å². The van der Waals surface area contributed by atoms with Crippen molar-refractivity contribution in [2.45, 2.75) is 19.6 Å². The van der Waals surface area contributed by atoms with Crippen LogP contribution in [0.4, 0.5) is 0 Å². The molecule has 0 amide bonds. The van der Waals surface area contributed by atoms with Gasteiger partial charge in [-0.25, -0.2) is 0 Å². The quantitative estimate of drug-likeness (QED) is 0.310. The molecule has 0 aliphatic heterocycles. The molecule has 0 aliphatic rings. The SMILES string of the molecule is CNC(C)(C)ON(N)[O-]. The molecular formula is C4H12N3O2-. The summed E-state index contributed by atoms with van der Waals surface area (Å²) < 4.78 is 0. The van der Waals surface area contributed by atoms with Gasteiger partial charge < -0.3 is 5.21 Å². The van der Waals surface area contributed by atoms with Gasteiger partial charge in [0.2, 0.25) is 0 Å². The van der Waals surface area contributed by atoms with Gasteiger partial charge in [0.15, 0.2) is 0 Å². The zero-order valence-electron chi connectivity index (χ0n) is 5.84. The molecule has 0 aromatic heterocycles. The normalized spacial score (nSPS) is 12.7. The van der Waals surface area contributed by atoms with Crippen LogP contribution in [0.2, 0.25) is 0 Å². The number of nitrogens with two attached hydrogens (primary N) is 1. The van der Waals surface area contributed by atoms with Crippen molar-refractivity contribution in [2.24, 2.45) is 5.84 Å². The van der Waals surface area contributed by atoms with E-state index in [1.807, 2.05) is 0 Å². The van der Waals surface area contributed by atoms with E-state index in [2.05, 4.69) is 16.0 Å². The van der Waals surface area contributed by atoms with Crippen LogP contribution in [0.25, 0.3) is 0 Å². The third-order valence-corrected chi connectivity index (χ3v) is 0.920. The Bertz CT molecular complexity index is 83.9. The fourth-order valence-corrected chi connectivity index (χ4v) is 0.271. The van der Waals surface area contributed by atoms with Crippen LogP contribution in [-0.2, 0) is 4.84 Å². The van der Waals surface area contributed by atoms with Crippen LogP contribution in [-0.4, -0.2) is 18.1 Å². The average Bonchev–Trinajstić information content (AvgIpc) is 1.63. The Balaban J connectivity index is 3.58. The number of nitrogens with zero attached hydrogens (tertiary/aromatic N) is 1. The predicted octanol–water partition coefficient (Wildman–Crippen LogP) is -0.453. The van der Waals surface area contributed by atoms with Crippen molar-refractivity contribution in [3.05, 3.63) is 5.21 Å². The first-order chi connectivity index (χ1) is 3.98. The summed E-state index contributed by atoms with van der Waals surface area (Å²) in [6.07, 6.45) is 0. The van der Waals surface area contributed by atoms with E-state index in [-0.39, 0.29) is 5.34 Å². The third-order valence-electron chi connectivity index (χ3n) is 0.920. The maximum absolute atomic E-state index is 10.1. The summed E-state index contributed by atoms with van der Waals surface area (Å²) in [5, 5.41) is 12.7. The molecule has 56 valence electrons. The molecule has 9 heavy (non-hydrogen) atoms. The maximum atomic E-state index is 10.1. The highest BCUT2D eigenvalue weighted by Crippen LogP contribution is 2.02. The Morgan fingerprint density at radius 2 is 2.11 bits per heavy atom. The monoisotopic (exact) mass is 134 g/mol. The Labute approximate surface area is 54.3 Å². The lowest BCUT2D eigenvalue weighted by atomic mass is 10.3. The zero-order valence-corrected chi connectivity index (χ0v) is 5.84. The van der Waals surface area contributed by atoms with Crippen LogP contribution in [0.15, 0.2) is 0 Å². The summed E-state index contributed by atoms with van der Waals surface area (Å²) >= 11 is 0. The van der Waals surface area contributed by atoms with E-state index in [0.717, 1.165) is 0 Å². The van der Waals surface area contributed by atoms with Crippen molar-refractivity contribution in [2.75, 3.05) is 7.05 Å². The molecular weight excluding hydrogens is 122 g/mol. The van der Waals surface area contributed by atoms with Crippen LogP contribution < -0.4 is 11.2 Å². The summed E-state index contributed by atoms with van der Waals surface area (Å²) in [7, 11) is 1.67. The Morgan fingerprint density at radius 3 is 2.22 bits per heavy atom. The molecule has 0 fully saturated rings. The first kappa shape index (κ1) is 8.80. The average molecular weight is 134 g/mol. The van der Waals surface area contributed by atoms with Gasteiger partial charge in [-0.2, -0.15) is 5.34 Å². The lowest BCUT2D eigenvalue weighted by Crippen LogP contribution is -2.45. The van der Waals surface area contributed by atoms with E-state index < -0.39 is 5.72 Å². The van der Waals surface area contributed by atoms with Crippen molar-refractivity contribution in [1.29, 1.82) is 0 Å². The van der Waals surface area contributed by atoms with E-state index in [1.54, 1.807) is 20.9 Å². The van der Waals surface area contributed by atoms with Crippen LogP contribution in [0.5, 0.6) is 0 Å². The first-order valence-corrected chi connectivity index (χ1v) is 2.58. The van der Waals surface area contributed by atoms with E-state index in [0.29, 0.717) is 0 Å². The summed E-state index contributed by atoms with van der Waals surface area (Å²) in [6, 6.07) is 0. The van der Waals surface area contributed by atoms with Crippen molar-refractivity contribution in [3.63, 3.8) is 0 Å². The van der Waals surface area contributed by atoms with E-state index in [9.17, 15) is 5.21 Å². The molecule has 0 saturated carbocycles. The van der Waals surface area contributed by atoms with Gasteiger partial charge in [-0.05, 0) is 20.9 Å². The van der Waals surface area contributed by atoms with Gasteiger partial charge in [0.05, 0.1) is 0 Å². The molecule has 0 unspecified atom stereocenters. The zero-order chi connectivity index (χ0) is 7.49. The predicted molar refractivity (Wildman–Crippen MR) is 33.6 cm³/mol. The molecule has 0 heterocycles. The molecule has 0 rings (SSSR count). The highest BCUT2D eigenvalue weighted by molar-refractivity contribution is 4.59. The van der Waals surface area contributed by atoms with Gasteiger partial charge in [-0.15, -0.1) is 0 Å². The molecule has 0 saturated heterocycles. The van der Waals surface area contributed by atoms with Crippen LogP contribution in [0.1, 0.15) is 13.8 Å². The first-order valence-electron chi connectivity index (χ1n) is 2.58. The minimum atomic E-state index is -0.698. The van der Waals surface area contributed by atoms with Crippen LogP contribution in [0.3, 0.4) is 0 Å². The van der Waals surface area contributed by atoms with Gasteiger partial charge in [0, 0.05) is 0 Å². The maximum Gasteiger partial charge on any atom is 0.135 e. The number of nitrogens with one attached hydrogen (secondary N) is 1. The second kappa shape index (κ2) is 3.09. The smallest absolute Gasteiger partial charge is 0.135 e. The van der Waals surface area contributed by atoms with E-state index in [1.165, 1.54) is 0 Å². The minimum Gasteiger partial charge on any atom is -0.748 e. The van der Waals surface area contributed by atoms with Gasteiger partial charge >= 0.3 is 0 Å². The fraction of sp³-hybridized carbons (Fsp3) is 1.00. The Morgan fingerprint density at radius 1 is 1.67 bits per heavy atom. The second-order valence-corrected chi connectivity index (χ2v) is 2.14. The lowest BCUT2D eigenvalue weighted by molar-refractivity contribution is -0.218. The molecule has 0 aromatic rings. The van der Waals surface area contributed by atoms with Crippen molar-refractivity contribution < 1.29 is 4.84 Å². The summed E-state index contributed by atoms with van der Waals surface area (Å²) in [6.45, 7) is 3.37. The lowest BCUT2D eigenvalue weighted by Gasteiger charge is -2.32. The number of hydrogen-bond acceptors (Lipinski definition) is 5. The standard InChI is InChI=1S/C4H12N3O2/c1-4(2,6-3)9-7(5)8/h6H,5H2,1-3H3/q-1. The van der Waals surface area contributed by atoms with Crippen molar-refractivity contribution in [3.8, 4) is 0 Å². The van der Waals surface area contributed by atoms with Gasteiger partial charge in [-0.3, -0.25) is 16.0 Å². The largest absolute Gasteiger partial charge is 0.748 e. The Kier molecular flexibility index (Phi) is 3.02. The molecule has 0 bridgehead atoms. The number of hydrogen-bond donors (Lipinski definition) is 2. The fourth-order valence-electron chi connectivity index (χ4n) is 0.271. The van der Waals surface area contributed by atoms with Crippen molar-refractivity contribution >= 4 is 0 Å². The third kappa shape index (κ3) is 4.31. The molecule has 0 spiro atoms. The molecule has 0 aliphatic carbocycles. The number of rotatable bonds is 3. The van der Waals surface area contributed by atoms with Gasteiger partial charge in [0.25, 0.3) is 0 Å². The highest BCUT2D eigenvalue weighted by Gasteiger charge is 2.14. The molecule has 0 radical (unpaired) electrons. The molecule has 5 heteroatoms. The van der Waals surface area contributed by atoms with E-state index >= 15 is 0 Å².